The highest BCUT2D eigenvalue weighted by Gasteiger charge is 2.08. The van der Waals surface area contributed by atoms with Gasteiger partial charge in [-0.25, -0.2) is 0 Å². The van der Waals surface area contributed by atoms with Crippen LogP contribution in [-0.2, 0) is 6.61 Å². The van der Waals surface area contributed by atoms with Gasteiger partial charge in [0.05, 0.1) is 6.61 Å². The number of benzene rings is 2. The third-order valence-corrected chi connectivity index (χ3v) is 3.34. The Labute approximate surface area is 122 Å². The normalized spacial score (nSPS) is 10.8. The number of aliphatic hydroxyl groups excluding tert-OH is 1. The van der Waals surface area contributed by atoms with Gasteiger partial charge in [-0.2, -0.15) is 0 Å². The van der Waals surface area contributed by atoms with E-state index in [4.69, 9.17) is 10.5 Å². The molecule has 0 atom stereocenters. The van der Waals surface area contributed by atoms with Crippen molar-refractivity contribution in [2.24, 2.45) is 0 Å². The molecule has 0 fully saturated rings. The molecule has 3 N–H and O–H groups in total. The maximum Gasteiger partial charge on any atom is 0.135 e. The summed E-state index contributed by atoms with van der Waals surface area (Å²) in [5.74, 6) is 1.40. The van der Waals surface area contributed by atoms with E-state index in [-0.39, 0.29) is 6.61 Å². The van der Waals surface area contributed by atoms with Crippen LogP contribution in [-0.4, -0.2) is 10.1 Å². The van der Waals surface area contributed by atoms with E-state index in [1.165, 1.54) is 0 Å². The number of anilines is 1. The smallest absolute Gasteiger partial charge is 0.135 e. The van der Waals surface area contributed by atoms with Crippen LogP contribution < -0.4 is 10.5 Å². The molecule has 3 aromatic rings. The molecule has 3 rings (SSSR count). The van der Waals surface area contributed by atoms with Gasteiger partial charge in [-0.1, -0.05) is 12.1 Å². The number of nitrogens with zero attached hydrogens (tertiary/aromatic N) is 1. The van der Waals surface area contributed by atoms with Crippen molar-refractivity contribution in [2.75, 3.05) is 5.73 Å². The molecule has 0 unspecified atom stereocenters. The van der Waals surface area contributed by atoms with Crippen LogP contribution in [0.3, 0.4) is 0 Å². The average molecular weight is 280 g/mol. The summed E-state index contributed by atoms with van der Waals surface area (Å²) >= 11 is 0. The summed E-state index contributed by atoms with van der Waals surface area (Å²) in [6, 6.07) is 13.0. The van der Waals surface area contributed by atoms with Gasteiger partial charge in [0.2, 0.25) is 0 Å². The molecule has 2 aromatic carbocycles. The van der Waals surface area contributed by atoms with E-state index in [2.05, 4.69) is 4.98 Å². The number of hydrogen-bond donors (Lipinski definition) is 2. The number of aryl methyl sites for hydroxylation is 1. The summed E-state index contributed by atoms with van der Waals surface area (Å²) in [5, 5.41) is 11.0. The molecule has 0 saturated heterocycles. The average Bonchev–Trinajstić information content (AvgIpc) is 2.50. The Kier molecular flexibility index (Phi) is 3.46. The SMILES string of the molecule is Cc1cc2c(Oc3cccc(CO)c3)ccc(N)c2cn1. The first kappa shape index (κ1) is 13.4. The van der Waals surface area contributed by atoms with Crippen molar-refractivity contribution in [1.29, 1.82) is 0 Å². The monoisotopic (exact) mass is 280 g/mol. The van der Waals surface area contributed by atoms with Crippen molar-refractivity contribution in [3.63, 3.8) is 0 Å². The minimum Gasteiger partial charge on any atom is -0.457 e. The molecule has 0 radical (unpaired) electrons. The van der Waals surface area contributed by atoms with Gasteiger partial charge in [0.25, 0.3) is 0 Å². The van der Waals surface area contributed by atoms with Crippen LogP contribution in [0.4, 0.5) is 5.69 Å². The van der Waals surface area contributed by atoms with Crippen molar-refractivity contribution in [2.45, 2.75) is 13.5 Å². The first-order valence-corrected chi connectivity index (χ1v) is 6.70. The lowest BCUT2D eigenvalue weighted by Gasteiger charge is -2.11. The fraction of sp³-hybridized carbons (Fsp3) is 0.118. The lowest BCUT2D eigenvalue weighted by molar-refractivity contribution is 0.281. The Morgan fingerprint density at radius 3 is 2.81 bits per heavy atom. The molecule has 0 aliphatic rings. The summed E-state index contributed by atoms with van der Waals surface area (Å²) in [5.41, 5.74) is 8.38. The Hall–Kier alpha value is -2.59. The molecule has 0 aliphatic heterocycles. The van der Waals surface area contributed by atoms with Gasteiger partial charge < -0.3 is 15.6 Å². The van der Waals surface area contributed by atoms with E-state index in [0.717, 1.165) is 27.8 Å². The Bertz CT molecular complexity index is 800. The molecule has 0 spiro atoms. The summed E-state index contributed by atoms with van der Waals surface area (Å²) in [7, 11) is 0. The summed E-state index contributed by atoms with van der Waals surface area (Å²) in [4.78, 5) is 4.28. The molecule has 0 bridgehead atoms. The lowest BCUT2D eigenvalue weighted by atomic mass is 10.1. The zero-order valence-electron chi connectivity index (χ0n) is 11.7. The minimum atomic E-state index is -0.0112. The molecular formula is C17H16N2O2. The minimum absolute atomic E-state index is 0.0112. The van der Waals surface area contributed by atoms with Crippen LogP contribution in [0.5, 0.6) is 11.5 Å². The number of aromatic nitrogens is 1. The quantitative estimate of drug-likeness (QED) is 0.721. The topological polar surface area (TPSA) is 68.4 Å². The van der Waals surface area contributed by atoms with Crippen molar-refractivity contribution >= 4 is 16.5 Å². The van der Waals surface area contributed by atoms with Gasteiger partial charge in [-0.05, 0) is 42.8 Å². The lowest BCUT2D eigenvalue weighted by Crippen LogP contribution is -1.93. The first-order valence-electron chi connectivity index (χ1n) is 6.70. The van der Waals surface area contributed by atoms with Crippen LogP contribution in [0.15, 0.2) is 48.7 Å². The van der Waals surface area contributed by atoms with Gasteiger partial charge in [0.1, 0.15) is 11.5 Å². The van der Waals surface area contributed by atoms with Crippen molar-refractivity contribution in [3.05, 3.63) is 59.9 Å². The van der Waals surface area contributed by atoms with Gasteiger partial charge in [0, 0.05) is 28.4 Å². The second-order valence-electron chi connectivity index (χ2n) is 4.93. The molecule has 1 aromatic heterocycles. The number of hydrogen-bond acceptors (Lipinski definition) is 4. The molecule has 0 saturated carbocycles. The third kappa shape index (κ3) is 2.66. The van der Waals surface area contributed by atoms with E-state index in [1.807, 2.05) is 49.4 Å². The Morgan fingerprint density at radius 1 is 1.14 bits per heavy atom. The van der Waals surface area contributed by atoms with Crippen LogP contribution in [0.25, 0.3) is 10.8 Å². The van der Waals surface area contributed by atoms with E-state index >= 15 is 0 Å². The third-order valence-electron chi connectivity index (χ3n) is 3.34. The van der Waals surface area contributed by atoms with Crippen LogP contribution in [0.2, 0.25) is 0 Å². The Balaban J connectivity index is 2.08. The molecule has 0 aliphatic carbocycles. The molecule has 106 valence electrons. The summed E-state index contributed by atoms with van der Waals surface area (Å²) in [6.07, 6.45) is 1.76. The molecule has 21 heavy (non-hydrogen) atoms. The fourth-order valence-corrected chi connectivity index (χ4v) is 2.26. The number of rotatable bonds is 3. The number of nitrogens with two attached hydrogens (primary N) is 1. The van der Waals surface area contributed by atoms with Gasteiger partial charge in [-0.3, -0.25) is 4.98 Å². The number of aliphatic hydroxyl groups is 1. The highest BCUT2D eigenvalue weighted by atomic mass is 16.5. The number of nitrogen functional groups attached to an aromatic ring is 1. The zero-order chi connectivity index (χ0) is 14.8. The van der Waals surface area contributed by atoms with Crippen molar-refractivity contribution < 1.29 is 9.84 Å². The van der Waals surface area contributed by atoms with Crippen LogP contribution >= 0.6 is 0 Å². The largest absolute Gasteiger partial charge is 0.457 e. The van der Waals surface area contributed by atoms with E-state index < -0.39 is 0 Å². The summed E-state index contributed by atoms with van der Waals surface area (Å²) in [6.45, 7) is 1.92. The number of ether oxygens (including phenoxy) is 1. The van der Waals surface area contributed by atoms with Gasteiger partial charge >= 0.3 is 0 Å². The highest BCUT2D eigenvalue weighted by Crippen LogP contribution is 2.33. The van der Waals surface area contributed by atoms with Crippen molar-refractivity contribution in [1.82, 2.24) is 4.98 Å². The number of fused-ring (bicyclic) bond motifs is 1. The predicted molar refractivity (Wildman–Crippen MR) is 83.3 cm³/mol. The maximum atomic E-state index is 9.19. The van der Waals surface area contributed by atoms with E-state index in [0.29, 0.717) is 11.4 Å². The van der Waals surface area contributed by atoms with E-state index in [9.17, 15) is 5.11 Å². The predicted octanol–water partition coefficient (Wildman–Crippen LogP) is 3.41. The standard InChI is InChI=1S/C17H16N2O2/c1-11-7-14-15(9-19-11)16(18)5-6-17(14)21-13-4-2-3-12(8-13)10-20/h2-9,20H,10,18H2,1H3. The molecule has 4 heteroatoms. The van der Waals surface area contributed by atoms with Gasteiger partial charge in [-0.15, -0.1) is 0 Å². The number of pyridine rings is 1. The van der Waals surface area contributed by atoms with E-state index in [1.54, 1.807) is 6.20 Å². The maximum absolute atomic E-state index is 9.19. The highest BCUT2D eigenvalue weighted by molar-refractivity contribution is 5.96. The zero-order valence-corrected chi connectivity index (χ0v) is 11.7. The first-order chi connectivity index (χ1) is 10.2. The van der Waals surface area contributed by atoms with Crippen LogP contribution in [0, 0.1) is 6.92 Å². The Morgan fingerprint density at radius 2 is 2.00 bits per heavy atom. The molecule has 1 heterocycles. The second-order valence-corrected chi connectivity index (χ2v) is 4.93. The molecule has 4 nitrogen and oxygen atoms in total. The van der Waals surface area contributed by atoms with Crippen LogP contribution in [0.1, 0.15) is 11.3 Å². The van der Waals surface area contributed by atoms with Gasteiger partial charge in [0.15, 0.2) is 0 Å². The fourth-order valence-electron chi connectivity index (χ4n) is 2.26. The second kappa shape index (κ2) is 5.42. The van der Waals surface area contributed by atoms with Crippen molar-refractivity contribution in [3.8, 4) is 11.5 Å². The molecule has 0 amide bonds. The summed E-state index contributed by atoms with van der Waals surface area (Å²) < 4.78 is 5.95. The molecular weight excluding hydrogens is 264 g/mol.